The van der Waals surface area contributed by atoms with Crippen LogP contribution in [0.15, 0.2) is 0 Å². The molecule has 3 aliphatic rings. The molecular formula is C22H40. The summed E-state index contributed by atoms with van der Waals surface area (Å²) in [6, 6.07) is 0. The van der Waals surface area contributed by atoms with Gasteiger partial charge in [-0.15, -0.1) is 0 Å². The van der Waals surface area contributed by atoms with E-state index in [0.29, 0.717) is 0 Å². The Labute approximate surface area is 139 Å². The number of rotatable bonds is 5. The van der Waals surface area contributed by atoms with E-state index in [1.807, 2.05) is 0 Å². The van der Waals surface area contributed by atoms with Crippen molar-refractivity contribution < 1.29 is 0 Å². The molecule has 0 bridgehead atoms. The van der Waals surface area contributed by atoms with Crippen molar-refractivity contribution in [3.8, 4) is 0 Å². The van der Waals surface area contributed by atoms with Gasteiger partial charge < -0.3 is 0 Å². The second-order valence-electron chi connectivity index (χ2n) is 9.29. The predicted molar refractivity (Wildman–Crippen MR) is 96.9 cm³/mol. The third-order valence-corrected chi connectivity index (χ3v) is 7.69. The Morgan fingerprint density at radius 3 is 1.95 bits per heavy atom. The summed E-state index contributed by atoms with van der Waals surface area (Å²) in [7, 11) is 0. The van der Waals surface area contributed by atoms with Crippen molar-refractivity contribution >= 4 is 0 Å². The maximum absolute atomic E-state index is 2.49. The Bertz CT molecular complexity index is 312. The van der Waals surface area contributed by atoms with Crippen molar-refractivity contribution in [3.05, 3.63) is 0 Å². The Morgan fingerprint density at radius 1 is 0.636 bits per heavy atom. The normalized spacial score (nSPS) is 42.8. The molecule has 4 unspecified atom stereocenters. The van der Waals surface area contributed by atoms with Crippen LogP contribution in [0.3, 0.4) is 0 Å². The minimum Gasteiger partial charge on any atom is -0.0654 e. The largest absolute Gasteiger partial charge is 0.0654 e. The van der Waals surface area contributed by atoms with Crippen molar-refractivity contribution in [2.45, 2.75) is 104 Å². The molecular weight excluding hydrogens is 264 g/mol. The summed E-state index contributed by atoms with van der Waals surface area (Å²) in [5.74, 6) is 6.59. The minimum atomic E-state index is 1.02. The van der Waals surface area contributed by atoms with Gasteiger partial charge in [0, 0.05) is 0 Å². The highest BCUT2D eigenvalue weighted by Gasteiger charge is 2.37. The molecule has 3 saturated carbocycles. The quantitative estimate of drug-likeness (QED) is 0.470. The summed E-state index contributed by atoms with van der Waals surface area (Å²) in [5, 5.41) is 0. The Hall–Kier alpha value is 0. The zero-order valence-electron chi connectivity index (χ0n) is 15.4. The highest BCUT2D eigenvalue weighted by Crippen LogP contribution is 2.49. The van der Waals surface area contributed by atoms with E-state index in [1.165, 1.54) is 32.1 Å². The third-order valence-electron chi connectivity index (χ3n) is 7.69. The molecule has 0 radical (unpaired) electrons. The van der Waals surface area contributed by atoms with E-state index in [4.69, 9.17) is 0 Å². The number of hydrogen-bond acceptors (Lipinski definition) is 0. The molecule has 0 amide bonds. The fraction of sp³-hybridized carbons (Fsp3) is 1.00. The van der Waals surface area contributed by atoms with E-state index in [1.54, 1.807) is 57.8 Å². The number of hydrogen-bond donors (Lipinski definition) is 0. The van der Waals surface area contributed by atoms with Crippen LogP contribution in [0.4, 0.5) is 0 Å². The number of unbranched alkanes of at least 4 members (excludes halogenated alkanes) is 2. The molecule has 128 valence electrons. The summed E-state index contributed by atoms with van der Waals surface area (Å²) < 4.78 is 0. The summed E-state index contributed by atoms with van der Waals surface area (Å²) in [6.45, 7) is 4.82. The first-order valence-electron chi connectivity index (χ1n) is 10.8. The van der Waals surface area contributed by atoms with E-state index >= 15 is 0 Å². The standard InChI is InChI=1S/C22H40/c1-3-4-5-6-18-8-11-19(12-9-18)21-14-13-20-15-17(2)7-10-22(20)16-21/h17-22H,3-16H2,1-2H3. The topological polar surface area (TPSA) is 0 Å². The molecule has 0 aromatic rings. The monoisotopic (exact) mass is 304 g/mol. The summed E-state index contributed by atoms with van der Waals surface area (Å²) in [6.07, 6.45) is 21.6. The molecule has 0 heterocycles. The van der Waals surface area contributed by atoms with Gasteiger partial charge in [0.15, 0.2) is 0 Å². The smallest absolute Gasteiger partial charge is 0.0383 e. The average molecular weight is 305 g/mol. The lowest BCUT2D eigenvalue weighted by molar-refractivity contribution is 0.0628. The SMILES string of the molecule is CCCCCC1CCC(C2CCC3CC(C)CCC3C2)CC1. The maximum atomic E-state index is 2.49. The minimum absolute atomic E-state index is 1.02. The third kappa shape index (κ3) is 4.30. The van der Waals surface area contributed by atoms with Gasteiger partial charge in [-0.2, -0.15) is 0 Å². The molecule has 3 aliphatic carbocycles. The van der Waals surface area contributed by atoms with E-state index in [0.717, 1.165) is 35.5 Å². The summed E-state index contributed by atoms with van der Waals surface area (Å²) in [4.78, 5) is 0. The highest BCUT2D eigenvalue weighted by atomic mass is 14.4. The van der Waals surface area contributed by atoms with E-state index in [9.17, 15) is 0 Å². The molecule has 3 rings (SSSR count). The van der Waals surface area contributed by atoms with Crippen molar-refractivity contribution in [3.63, 3.8) is 0 Å². The van der Waals surface area contributed by atoms with Crippen LogP contribution < -0.4 is 0 Å². The van der Waals surface area contributed by atoms with Crippen molar-refractivity contribution in [2.75, 3.05) is 0 Å². The Balaban J connectivity index is 1.40. The lowest BCUT2D eigenvalue weighted by Gasteiger charge is -2.45. The second kappa shape index (κ2) is 8.20. The molecule has 22 heavy (non-hydrogen) atoms. The molecule has 0 aromatic heterocycles. The van der Waals surface area contributed by atoms with Gasteiger partial charge in [0.1, 0.15) is 0 Å². The van der Waals surface area contributed by atoms with Crippen LogP contribution in [0.5, 0.6) is 0 Å². The Morgan fingerprint density at radius 2 is 1.23 bits per heavy atom. The Kier molecular flexibility index (Phi) is 6.28. The first kappa shape index (κ1) is 16.8. The van der Waals surface area contributed by atoms with Crippen LogP contribution in [-0.2, 0) is 0 Å². The fourth-order valence-corrected chi connectivity index (χ4v) is 6.22. The molecule has 0 N–H and O–H groups in total. The maximum Gasteiger partial charge on any atom is -0.0383 e. The lowest BCUT2D eigenvalue weighted by Crippen LogP contribution is -2.34. The zero-order chi connectivity index (χ0) is 15.4. The fourth-order valence-electron chi connectivity index (χ4n) is 6.22. The van der Waals surface area contributed by atoms with Crippen LogP contribution in [0, 0.1) is 35.5 Å². The molecule has 0 aliphatic heterocycles. The van der Waals surface area contributed by atoms with Gasteiger partial charge in [0.2, 0.25) is 0 Å². The first-order valence-corrected chi connectivity index (χ1v) is 10.8. The molecule has 4 atom stereocenters. The van der Waals surface area contributed by atoms with Crippen molar-refractivity contribution in [1.29, 1.82) is 0 Å². The number of fused-ring (bicyclic) bond motifs is 1. The average Bonchev–Trinajstić information content (AvgIpc) is 2.55. The highest BCUT2D eigenvalue weighted by molar-refractivity contribution is 4.88. The van der Waals surface area contributed by atoms with Gasteiger partial charge in [-0.1, -0.05) is 58.8 Å². The van der Waals surface area contributed by atoms with E-state index in [2.05, 4.69) is 13.8 Å². The summed E-state index contributed by atoms with van der Waals surface area (Å²) >= 11 is 0. The van der Waals surface area contributed by atoms with Gasteiger partial charge in [-0.3, -0.25) is 0 Å². The van der Waals surface area contributed by atoms with Gasteiger partial charge in [0.05, 0.1) is 0 Å². The molecule has 0 nitrogen and oxygen atoms in total. The zero-order valence-corrected chi connectivity index (χ0v) is 15.4. The lowest BCUT2D eigenvalue weighted by atomic mass is 9.61. The van der Waals surface area contributed by atoms with Gasteiger partial charge in [0.25, 0.3) is 0 Å². The molecule has 0 saturated heterocycles. The van der Waals surface area contributed by atoms with Crippen LogP contribution in [0.25, 0.3) is 0 Å². The predicted octanol–water partition coefficient (Wildman–Crippen LogP) is 7.23. The van der Waals surface area contributed by atoms with Crippen LogP contribution in [-0.4, -0.2) is 0 Å². The second-order valence-corrected chi connectivity index (χ2v) is 9.29. The van der Waals surface area contributed by atoms with Gasteiger partial charge in [-0.25, -0.2) is 0 Å². The first-order chi connectivity index (χ1) is 10.8. The van der Waals surface area contributed by atoms with Crippen molar-refractivity contribution in [2.24, 2.45) is 35.5 Å². The van der Waals surface area contributed by atoms with E-state index < -0.39 is 0 Å². The molecule has 0 spiro atoms. The van der Waals surface area contributed by atoms with Crippen LogP contribution in [0.2, 0.25) is 0 Å². The molecule has 3 fully saturated rings. The van der Waals surface area contributed by atoms with E-state index in [-0.39, 0.29) is 0 Å². The molecule has 0 heteroatoms. The van der Waals surface area contributed by atoms with Gasteiger partial charge in [-0.05, 0) is 80.5 Å². The summed E-state index contributed by atoms with van der Waals surface area (Å²) in [5.41, 5.74) is 0. The van der Waals surface area contributed by atoms with Gasteiger partial charge >= 0.3 is 0 Å². The van der Waals surface area contributed by atoms with Crippen molar-refractivity contribution in [1.82, 2.24) is 0 Å². The van der Waals surface area contributed by atoms with Crippen LogP contribution >= 0.6 is 0 Å². The van der Waals surface area contributed by atoms with Crippen LogP contribution in [0.1, 0.15) is 104 Å². The molecule has 0 aromatic carbocycles.